The third kappa shape index (κ3) is 3.84. The summed E-state index contributed by atoms with van der Waals surface area (Å²) < 4.78 is 6.01. The van der Waals surface area contributed by atoms with Crippen LogP contribution >= 0.6 is 0 Å². The fourth-order valence-corrected chi connectivity index (χ4v) is 2.89. The normalized spacial score (nSPS) is 19.0. The molecule has 2 atom stereocenters. The van der Waals surface area contributed by atoms with Crippen LogP contribution in [0.1, 0.15) is 37.8 Å². The molecule has 5 nitrogen and oxygen atoms in total. The third-order valence-electron chi connectivity index (χ3n) is 4.27. The summed E-state index contributed by atoms with van der Waals surface area (Å²) in [4.78, 5) is 25.6. The van der Waals surface area contributed by atoms with Crippen LogP contribution in [0.3, 0.4) is 0 Å². The van der Waals surface area contributed by atoms with Gasteiger partial charge in [-0.3, -0.25) is 4.79 Å². The molecule has 0 saturated carbocycles. The number of carbonyl (C=O) groups excluding carboxylic acids is 1. The highest BCUT2D eigenvalue weighted by molar-refractivity contribution is 5.87. The molecule has 1 saturated heterocycles. The van der Waals surface area contributed by atoms with E-state index in [9.17, 15) is 14.7 Å². The average Bonchev–Trinajstić information content (AvgIpc) is 2.96. The number of carbonyl (C=O) groups is 2. The zero-order valence-electron chi connectivity index (χ0n) is 14.2. The van der Waals surface area contributed by atoms with Gasteiger partial charge in [-0.25, -0.2) is 4.79 Å². The van der Waals surface area contributed by atoms with Crippen LogP contribution in [0.15, 0.2) is 18.2 Å². The van der Waals surface area contributed by atoms with Gasteiger partial charge in [-0.05, 0) is 49.8 Å². The first-order chi connectivity index (χ1) is 10.8. The first-order valence-electron chi connectivity index (χ1n) is 8.08. The molecule has 1 aliphatic heterocycles. The Morgan fingerprint density at radius 3 is 2.61 bits per heavy atom. The van der Waals surface area contributed by atoms with Crippen molar-refractivity contribution in [2.24, 2.45) is 5.92 Å². The second kappa shape index (κ2) is 7.02. The number of nitrogens with zero attached hydrogens (tertiary/aromatic N) is 1. The quantitative estimate of drug-likeness (QED) is 0.906. The third-order valence-corrected chi connectivity index (χ3v) is 4.27. The minimum Gasteiger partial charge on any atom is -0.480 e. The van der Waals surface area contributed by atoms with Gasteiger partial charge in [0, 0.05) is 6.54 Å². The number of carboxylic acids is 1. The molecule has 2 rings (SSSR count). The van der Waals surface area contributed by atoms with Crippen molar-refractivity contribution in [2.45, 2.75) is 52.7 Å². The molecule has 0 aliphatic carbocycles. The minimum absolute atomic E-state index is 0.0440. The molecule has 1 amide bonds. The lowest BCUT2D eigenvalue weighted by atomic mass is 10.0. The van der Waals surface area contributed by atoms with E-state index in [1.807, 2.05) is 45.9 Å². The summed E-state index contributed by atoms with van der Waals surface area (Å²) in [5.74, 6) is -0.531. The second-order valence-electron chi connectivity index (χ2n) is 6.58. The van der Waals surface area contributed by atoms with E-state index in [-0.39, 0.29) is 11.8 Å². The maximum absolute atomic E-state index is 12.8. The van der Waals surface area contributed by atoms with Crippen LogP contribution in [0, 0.1) is 19.8 Å². The van der Waals surface area contributed by atoms with Crippen LogP contribution in [0.4, 0.5) is 0 Å². The number of aryl methyl sites for hydroxylation is 2. The van der Waals surface area contributed by atoms with Crippen LogP contribution in [0.5, 0.6) is 5.75 Å². The smallest absolute Gasteiger partial charge is 0.326 e. The highest BCUT2D eigenvalue weighted by atomic mass is 16.5. The van der Waals surface area contributed by atoms with E-state index in [0.29, 0.717) is 18.7 Å². The van der Waals surface area contributed by atoms with E-state index < -0.39 is 18.1 Å². The van der Waals surface area contributed by atoms with Crippen LogP contribution in [0.2, 0.25) is 0 Å². The van der Waals surface area contributed by atoms with Gasteiger partial charge >= 0.3 is 5.97 Å². The van der Waals surface area contributed by atoms with Crippen molar-refractivity contribution >= 4 is 11.9 Å². The number of rotatable bonds is 5. The summed E-state index contributed by atoms with van der Waals surface area (Å²) in [5, 5.41) is 9.29. The minimum atomic E-state index is -0.940. The molecule has 1 heterocycles. The molecule has 1 fully saturated rings. The lowest BCUT2D eigenvalue weighted by Crippen LogP contribution is -2.49. The Labute approximate surface area is 137 Å². The molecule has 1 aromatic rings. The highest BCUT2D eigenvalue weighted by Gasteiger charge is 2.39. The molecular weight excluding hydrogens is 294 g/mol. The predicted molar refractivity (Wildman–Crippen MR) is 87.5 cm³/mol. The van der Waals surface area contributed by atoms with Crippen LogP contribution in [-0.2, 0) is 9.59 Å². The van der Waals surface area contributed by atoms with Gasteiger partial charge in [0.1, 0.15) is 11.8 Å². The van der Waals surface area contributed by atoms with Crippen molar-refractivity contribution in [3.63, 3.8) is 0 Å². The maximum atomic E-state index is 12.8. The molecule has 0 spiro atoms. The van der Waals surface area contributed by atoms with Crippen LogP contribution < -0.4 is 4.74 Å². The van der Waals surface area contributed by atoms with E-state index in [0.717, 1.165) is 17.5 Å². The molecule has 0 radical (unpaired) electrons. The number of amides is 1. The molecular formula is C18H25NO4. The van der Waals surface area contributed by atoms with Crippen molar-refractivity contribution in [3.8, 4) is 5.75 Å². The zero-order valence-corrected chi connectivity index (χ0v) is 14.2. The molecule has 1 aromatic carbocycles. The van der Waals surface area contributed by atoms with Gasteiger partial charge in [-0.15, -0.1) is 0 Å². The lowest BCUT2D eigenvalue weighted by Gasteiger charge is -2.29. The summed E-state index contributed by atoms with van der Waals surface area (Å²) >= 11 is 0. The molecule has 1 N–H and O–H groups in total. The van der Waals surface area contributed by atoms with E-state index >= 15 is 0 Å². The molecule has 2 unspecified atom stereocenters. The number of carboxylic acid groups (broad SMARTS) is 1. The van der Waals surface area contributed by atoms with Crippen molar-refractivity contribution in [1.82, 2.24) is 4.90 Å². The Morgan fingerprint density at radius 1 is 1.30 bits per heavy atom. The van der Waals surface area contributed by atoms with Crippen molar-refractivity contribution in [3.05, 3.63) is 29.3 Å². The Morgan fingerprint density at radius 2 is 2.00 bits per heavy atom. The van der Waals surface area contributed by atoms with Crippen molar-refractivity contribution in [1.29, 1.82) is 0 Å². The van der Waals surface area contributed by atoms with Crippen LogP contribution in [0.25, 0.3) is 0 Å². The largest absolute Gasteiger partial charge is 0.480 e. The standard InChI is InChI=1S/C18H25NO4/c1-11(2)16(23-15-10-12(3)7-8-13(15)4)17(20)19-9-5-6-14(19)18(21)22/h7-8,10-11,14,16H,5-6,9H2,1-4H3,(H,21,22). The summed E-state index contributed by atoms with van der Waals surface area (Å²) in [7, 11) is 0. The number of likely N-dealkylation sites (tertiary alicyclic amines) is 1. The average molecular weight is 319 g/mol. The van der Waals surface area contributed by atoms with E-state index in [2.05, 4.69) is 0 Å². The Balaban J connectivity index is 2.22. The fourth-order valence-electron chi connectivity index (χ4n) is 2.89. The molecule has 5 heteroatoms. The number of hydrogen-bond donors (Lipinski definition) is 1. The van der Waals surface area contributed by atoms with Gasteiger partial charge in [-0.2, -0.15) is 0 Å². The Hall–Kier alpha value is -2.04. The topological polar surface area (TPSA) is 66.8 Å². The van der Waals surface area contributed by atoms with E-state index in [1.54, 1.807) is 0 Å². The Kier molecular flexibility index (Phi) is 5.29. The molecule has 23 heavy (non-hydrogen) atoms. The second-order valence-corrected chi connectivity index (χ2v) is 6.58. The summed E-state index contributed by atoms with van der Waals surface area (Å²) in [5.41, 5.74) is 2.02. The highest BCUT2D eigenvalue weighted by Crippen LogP contribution is 2.26. The van der Waals surface area contributed by atoms with Gasteiger partial charge in [0.2, 0.25) is 0 Å². The molecule has 126 valence electrons. The van der Waals surface area contributed by atoms with Crippen molar-refractivity contribution in [2.75, 3.05) is 6.54 Å². The first kappa shape index (κ1) is 17.3. The first-order valence-corrected chi connectivity index (χ1v) is 8.08. The van der Waals surface area contributed by atoms with Crippen LogP contribution in [-0.4, -0.2) is 40.6 Å². The predicted octanol–water partition coefficient (Wildman–Crippen LogP) is 2.78. The molecule has 1 aliphatic rings. The SMILES string of the molecule is Cc1ccc(C)c(OC(C(=O)N2CCCC2C(=O)O)C(C)C)c1. The molecule has 0 bridgehead atoms. The van der Waals surface area contributed by atoms with E-state index in [4.69, 9.17) is 4.74 Å². The number of benzene rings is 1. The fraction of sp³-hybridized carbons (Fsp3) is 0.556. The number of ether oxygens (including phenoxy) is 1. The monoisotopic (exact) mass is 319 g/mol. The molecule has 0 aromatic heterocycles. The van der Waals surface area contributed by atoms with Crippen molar-refractivity contribution < 1.29 is 19.4 Å². The maximum Gasteiger partial charge on any atom is 0.326 e. The Bertz CT molecular complexity index is 597. The summed E-state index contributed by atoms with van der Waals surface area (Å²) in [6.45, 7) is 8.22. The summed E-state index contributed by atoms with van der Waals surface area (Å²) in [6.07, 6.45) is 0.558. The number of aliphatic carboxylic acids is 1. The zero-order chi connectivity index (χ0) is 17.1. The van der Waals surface area contributed by atoms with Gasteiger partial charge in [0.15, 0.2) is 6.10 Å². The number of hydrogen-bond acceptors (Lipinski definition) is 3. The van der Waals surface area contributed by atoms with Gasteiger partial charge in [-0.1, -0.05) is 26.0 Å². The van der Waals surface area contributed by atoms with Gasteiger partial charge in [0.05, 0.1) is 0 Å². The van der Waals surface area contributed by atoms with Gasteiger partial charge in [0.25, 0.3) is 5.91 Å². The lowest BCUT2D eigenvalue weighted by molar-refractivity contribution is -0.152. The summed E-state index contributed by atoms with van der Waals surface area (Å²) in [6, 6.07) is 5.14. The van der Waals surface area contributed by atoms with Gasteiger partial charge < -0.3 is 14.7 Å². The van der Waals surface area contributed by atoms with E-state index in [1.165, 1.54) is 4.90 Å².